The molecule has 2 amide bonds. The lowest BCUT2D eigenvalue weighted by atomic mass is 10.2. The Morgan fingerprint density at radius 2 is 2.14 bits per heavy atom. The number of rotatable bonds is 4. The molecule has 0 radical (unpaired) electrons. The number of amides is 2. The van der Waals surface area contributed by atoms with Crippen molar-refractivity contribution in [2.75, 3.05) is 18.4 Å². The zero-order chi connectivity index (χ0) is 20.4. The first-order valence-electron chi connectivity index (χ1n) is 9.46. The molecule has 0 saturated carbocycles. The highest BCUT2D eigenvalue weighted by Crippen LogP contribution is 2.22. The Bertz CT molecular complexity index is 960. The predicted molar refractivity (Wildman–Crippen MR) is 107 cm³/mol. The van der Waals surface area contributed by atoms with E-state index in [9.17, 15) is 14.0 Å². The van der Waals surface area contributed by atoms with E-state index in [2.05, 4.69) is 15.6 Å². The van der Waals surface area contributed by atoms with Crippen molar-refractivity contribution in [1.82, 2.24) is 19.8 Å². The van der Waals surface area contributed by atoms with E-state index in [4.69, 9.17) is 11.6 Å². The molecule has 1 aromatic heterocycles. The van der Waals surface area contributed by atoms with Gasteiger partial charge in [0.2, 0.25) is 5.91 Å². The van der Waals surface area contributed by atoms with Crippen LogP contribution in [-0.2, 0) is 17.9 Å². The number of nitrogens with one attached hydrogen (secondary N) is 2. The first kappa shape index (κ1) is 19.6. The van der Waals surface area contributed by atoms with Crippen molar-refractivity contribution in [2.24, 2.45) is 0 Å². The summed E-state index contributed by atoms with van der Waals surface area (Å²) in [6, 6.07) is 6.90. The van der Waals surface area contributed by atoms with Gasteiger partial charge in [-0.2, -0.15) is 0 Å². The number of nitrogens with zero attached hydrogens (tertiary/aromatic N) is 3. The summed E-state index contributed by atoms with van der Waals surface area (Å²) >= 11 is 6.10. The molecule has 2 aromatic rings. The lowest BCUT2D eigenvalue weighted by molar-refractivity contribution is -0.127. The third kappa shape index (κ3) is 4.33. The molecule has 2 N–H and O–H groups in total. The number of hydrogen-bond acceptors (Lipinski definition) is 4. The zero-order valence-corrected chi connectivity index (χ0v) is 16.4. The standard InChI is InChI=1S/C20H21ClFN5O2/c21-15-3-1-2-4-16(15)25-20(29)17-11-24-18-12-26(7-8-27(17)18)19(28)6-5-14-9-13(22)10-23-14/h1-6,11,13-14,23H,7-10,12H2,(H,25,29)/b6-5+/t13-,14-/m1/s1. The minimum atomic E-state index is -0.863. The predicted octanol–water partition coefficient (Wildman–Crippen LogP) is 2.39. The molecule has 0 aliphatic carbocycles. The average Bonchev–Trinajstić information content (AvgIpc) is 3.33. The number of fused-ring (bicyclic) bond motifs is 1. The summed E-state index contributed by atoms with van der Waals surface area (Å²) in [5.41, 5.74) is 0.954. The van der Waals surface area contributed by atoms with Gasteiger partial charge in [0.25, 0.3) is 5.91 Å². The Kier molecular flexibility index (Phi) is 5.64. The van der Waals surface area contributed by atoms with Crippen LogP contribution in [0.1, 0.15) is 22.7 Å². The molecule has 152 valence electrons. The highest BCUT2D eigenvalue weighted by Gasteiger charge is 2.26. The Balaban J connectivity index is 1.40. The third-order valence-corrected chi connectivity index (χ3v) is 5.44. The van der Waals surface area contributed by atoms with Crippen LogP contribution in [0, 0.1) is 0 Å². The van der Waals surface area contributed by atoms with Crippen LogP contribution in [0.5, 0.6) is 0 Å². The minimum absolute atomic E-state index is 0.110. The van der Waals surface area contributed by atoms with Crippen LogP contribution < -0.4 is 10.6 Å². The van der Waals surface area contributed by atoms with E-state index in [1.165, 1.54) is 12.3 Å². The van der Waals surface area contributed by atoms with E-state index >= 15 is 0 Å². The highest BCUT2D eigenvalue weighted by molar-refractivity contribution is 6.33. The molecule has 1 fully saturated rings. The number of carbonyl (C=O) groups is 2. The minimum Gasteiger partial charge on any atom is -0.330 e. The molecule has 0 unspecified atom stereocenters. The van der Waals surface area contributed by atoms with Gasteiger partial charge in [-0.25, -0.2) is 9.37 Å². The quantitative estimate of drug-likeness (QED) is 0.749. The second-order valence-electron chi connectivity index (χ2n) is 7.11. The largest absolute Gasteiger partial charge is 0.330 e. The number of alkyl halides is 1. The van der Waals surface area contributed by atoms with Gasteiger partial charge < -0.3 is 20.1 Å². The lowest BCUT2D eigenvalue weighted by Crippen LogP contribution is -2.38. The Morgan fingerprint density at radius 3 is 2.90 bits per heavy atom. The van der Waals surface area contributed by atoms with Crippen molar-refractivity contribution in [3.63, 3.8) is 0 Å². The Hall–Kier alpha value is -2.71. The summed E-state index contributed by atoms with van der Waals surface area (Å²) in [6.45, 7) is 1.56. The van der Waals surface area contributed by atoms with Gasteiger partial charge >= 0.3 is 0 Å². The van der Waals surface area contributed by atoms with E-state index in [1.54, 1.807) is 35.2 Å². The SMILES string of the molecule is O=C(Nc1ccccc1Cl)c1cnc2n1CCN(C(=O)/C=C/[C@@H]1C[C@@H](F)CN1)C2. The van der Waals surface area contributed by atoms with E-state index in [0.29, 0.717) is 54.8 Å². The molecule has 29 heavy (non-hydrogen) atoms. The molecule has 2 atom stereocenters. The second kappa shape index (κ2) is 8.34. The molecule has 1 saturated heterocycles. The molecule has 9 heteroatoms. The fourth-order valence-electron chi connectivity index (χ4n) is 3.55. The van der Waals surface area contributed by atoms with E-state index in [0.717, 1.165) is 0 Å². The van der Waals surface area contributed by atoms with Gasteiger partial charge in [0.05, 0.1) is 23.5 Å². The van der Waals surface area contributed by atoms with Crippen molar-refractivity contribution in [3.05, 3.63) is 59.2 Å². The molecule has 0 bridgehead atoms. The van der Waals surface area contributed by atoms with Gasteiger partial charge in [0, 0.05) is 31.8 Å². The molecule has 7 nitrogen and oxygen atoms in total. The maximum atomic E-state index is 13.2. The molecule has 2 aliphatic heterocycles. The summed E-state index contributed by atoms with van der Waals surface area (Å²) in [5.74, 6) is 0.195. The van der Waals surface area contributed by atoms with E-state index in [-0.39, 0.29) is 17.9 Å². The number of hydrogen-bond donors (Lipinski definition) is 2. The molecule has 2 aliphatic rings. The van der Waals surface area contributed by atoms with Gasteiger partial charge in [-0.05, 0) is 18.6 Å². The van der Waals surface area contributed by atoms with Crippen LogP contribution >= 0.6 is 11.6 Å². The maximum Gasteiger partial charge on any atom is 0.273 e. The van der Waals surface area contributed by atoms with Crippen LogP contribution in [0.3, 0.4) is 0 Å². The number of imidazole rings is 1. The third-order valence-electron chi connectivity index (χ3n) is 5.11. The van der Waals surface area contributed by atoms with Crippen LogP contribution in [0.2, 0.25) is 5.02 Å². The average molecular weight is 418 g/mol. The first-order valence-corrected chi connectivity index (χ1v) is 9.84. The number of para-hydroxylation sites is 1. The summed E-state index contributed by atoms with van der Waals surface area (Å²) in [5, 5.41) is 6.26. The number of anilines is 1. The number of benzene rings is 1. The normalized spacial score (nSPS) is 21.4. The van der Waals surface area contributed by atoms with Crippen molar-refractivity contribution < 1.29 is 14.0 Å². The fraction of sp³-hybridized carbons (Fsp3) is 0.350. The van der Waals surface area contributed by atoms with Crippen molar-refractivity contribution in [3.8, 4) is 0 Å². The van der Waals surface area contributed by atoms with E-state index in [1.807, 2.05) is 4.57 Å². The van der Waals surface area contributed by atoms with Gasteiger partial charge in [-0.3, -0.25) is 9.59 Å². The smallest absolute Gasteiger partial charge is 0.273 e. The van der Waals surface area contributed by atoms with E-state index < -0.39 is 6.17 Å². The molecule has 4 rings (SSSR count). The van der Waals surface area contributed by atoms with Crippen molar-refractivity contribution in [1.29, 1.82) is 0 Å². The Morgan fingerprint density at radius 1 is 1.31 bits per heavy atom. The zero-order valence-electron chi connectivity index (χ0n) is 15.6. The number of halogens is 2. The summed E-state index contributed by atoms with van der Waals surface area (Å²) in [4.78, 5) is 31.1. The lowest BCUT2D eigenvalue weighted by Gasteiger charge is -2.27. The summed E-state index contributed by atoms with van der Waals surface area (Å²) < 4.78 is 15.0. The number of aromatic nitrogens is 2. The fourth-order valence-corrected chi connectivity index (χ4v) is 3.73. The number of carbonyl (C=O) groups excluding carboxylic acids is 2. The monoisotopic (exact) mass is 417 g/mol. The van der Waals surface area contributed by atoms with Crippen molar-refractivity contribution >= 4 is 29.1 Å². The van der Waals surface area contributed by atoms with Crippen LogP contribution in [0.4, 0.5) is 10.1 Å². The van der Waals surface area contributed by atoms with Crippen LogP contribution in [0.15, 0.2) is 42.6 Å². The van der Waals surface area contributed by atoms with Crippen molar-refractivity contribution in [2.45, 2.75) is 31.7 Å². The van der Waals surface area contributed by atoms with Gasteiger partial charge in [0.1, 0.15) is 17.7 Å². The van der Waals surface area contributed by atoms with Gasteiger partial charge in [-0.1, -0.05) is 29.8 Å². The molecule has 3 heterocycles. The van der Waals surface area contributed by atoms with Crippen LogP contribution in [0.25, 0.3) is 0 Å². The second-order valence-corrected chi connectivity index (χ2v) is 7.52. The molecule has 1 aromatic carbocycles. The molecular weight excluding hydrogens is 397 g/mol. The Labute approximate surface area is 172 Å². The molecule has 0 spiro atoms. The maximum absolute atomic E-state index is 13.2. The summed E-state index contributed by atoms with van der Waals surface area (Å²) in [6.07, 6.45) is 4.23. The first-order chi connectivity index (χ1) is 14.0. The molecular formula is C20H21ClFN5O2. The van der Waals surface area contributed by atoms with Gasteiger partial charge in [-0.15, -0.1) is 0 Å². The highest BCUT2D eigenvalue weighted by atomic mass is 35.5. The summed E-state index contributed by atoms with van der Waals surface area (Å²) in [7, 11) is 0. The van der Waals surface area contributed by atoms with Gasteiger partial charge in [0.15, 0.2) is 0 Å². The van der Waals surface area contributed by atoms with Crippen LogP contribution in [-0.4, -0.2) is 51.6 Å². The topological polar surface area (TPSA) is 79.3 Å².